The van der Waals surface area contributed by atoms with Crippen molar-refractivity contribution in [3.63, 3.8) is 0 Å². The Hall–Kier alpha value is -1.75. The van der Waals surface area contributed by atoms with Gasteiger partial charge in [-0.05, 0) is 44.0 Å². The molecule has 20 heavy (non-hydrogen) atoms. The Morgan fingerprint density at radius 2 is 1.85 bits per heavy atom. The van der Waals surface area contributed by atoms with Crippen molar-refractivity contribution in [1.29, 1.82) is 0 Å². The lowest BCUT2D eigenvalue weighted by atomic mass is 10.1. The fourth-order valence-electron chi connectivity index (χ4n) is 2.64. The van der Waals surface area contributed by atoms with E-state index in [1.165, 1.54) is 5.69 Å². The minimum Gasteiger partial charge on any atom is -0.480 e. The number of aliphatic carboxylic acids is 1. The number of anilines is 2. The zero-order chi connectivity index (χ0) is 14.7. The molecule has 1 aromatic rings. The fraction of sp³-hybridized carbons (Fsp3) is 0.533. The Bertz CT molecular complexity index is 473. The molecule has 0 amide bonds. The predicted octanol–water partition coefficient (Wildman–Crippen LogP) is 2.03. The van der Waals surface area contributed by atoms with E-state index in [9.17, 15) is 4.79 Å². The highest BCUT2D eigenvalue weighted by molar-refractivity contribution is 5.77. The number of carboxylic acids is 1. The molecule has 0 saturated carbocycles. The molecule has 1 saturated heterocycles. The summed E-state index contributed by atoms with van der Waals surface area (Å²) in [5, 5.41) is 12.0. The van der Waals surface area contributed by atoms with Gasteiger partial charge in [-0.2, -0.15) is 0 Å². The number of morpholine rings is 1. The Morgan fingerprint density at radius 1 is 1.30 bits per heavy atom. The van der Waals surface area contributed by atoms with Crippen LogP contribution in [-0.4, -0.2) is 43.4 Å². The smallest absolute Gasteiger partial charge is 0.325 e. The van der Waals surface area contributed by atoms with Gasteiger partial charge in [-0.3, -0.25) is 4.79 Å². The van der Waals surface area contributed by atoms with Gasteiger partial charge in [0.15, 0.2) is 0 Å². The van der Waals surface area contributed by atoms with E-state index in [4.69, 9.17) is 9.84 Å². The normalized spacial score (nSPS) is 16.9. The van der Waals surface area contributed by atoms with Crippen molar-refractivity contribution < 1.29 is 14.6 Å². The minimum atomic E-state index is -0.849. The summed E-state index contributed by atoms with van der Waals surface area (Å²) in [6, 6.07) is 3.43. The van der Waals surface area contributed by atoms with Crippen LogP contribution in [0.2, 0.25) is 0 Å². The number of hydrogen-bond donors (Lipinski definition) is 2. The summed E-state index contributed by atoms with van der Waals surface area (Å²) in [5.74, 6) is -0.849. The van der Waals surface area contributed by atoms with Crippen molar-refractivity contribution in [2.24, 2.45) is 0 Å². The van der Waals surface area contributed by atoms with Gasteiger partial charge in [-0.15, -0.1) is 0 Å². The van der Waals surface area contributed by atoms with E-state index in [2.05, 4.69) is 24.1 Å². The van der Waals surface area contributed by atoms with E-state index in [1.54, 1.807) is 6.92 Å². The van der Waals surface area contributed by atoms with Gasteiger partial charge in [0.2, 0.25) is 0 Å². The zero-order valence-electron chi connectivity index (χ0n) is 12.3. The summed E-state index contributed by atoms with van der Waals surface area (Å²) < 4.78 is 5.38. The van der Waals surface area contributed by atoms with Crippen molar-refractivity contribution in [2.75, 3.05) is 36.5 Å². The maximum Gasteiger partial charge on any atom is 0.325 e. The predicted molar refractivity (Wildman–Crippen MR) is 79.7 cm³/mol. The molecule has 0 radical (unpaired) electrons. The number of nitrogens with zero attached hydrogens (tertiary/aromatic N) is 1. The topological polar surface area (TPSA) is 61.8 Å². The van der Waals surface area contributed by atoms with E-state index < -0.39 is 12.0 Å². The summed E-state index contributed by atoms with van der Waals surface area (Å²) >= 11 is 0. The quantitative estimate of drug-likeness (QED) is 0.882. The number of hydrogen-bond acceptors (Lipinski definition) is 4. The number of carbonyl (C=O) groups is 1. The molecule has 5 heteroatoms. The van der Waals surface area contributed by atoms with Gasteiger partial charge in [0, 0.05) is 24.5 Å². The first-order valence-corrected chi connectivity index (χ1v) is 6.92. The van der Waals surface area contributed by atoms with Crippen LogP contribution in [0.25, 0.3) is 0 Å². The van der Waals surface area contributed by atoms with Crippen LogP contribution in [0, 0.1) is 13.8 Å². The molecule has 0 aromatic heterocycles. The third-order valence-corrected chi connectivity index (χ3v) is 3.57. The molecule has 0 aliphatic carbocycles. The highest BCUT2D eigenvalue weighted by Gasteiger charge is 2.17. The zero-order valence-corrected chi connectivity index (χ0v) is 12.3. The van der Waals surface area contributed by atoms with Crippen LogP contribution < -0.4 is 10.2 Å². The third-order valence-electron chi connectivity index (χ3n) is 3.57. The Labute approximate surface area is 119 Å². The van der Waals surface area contributed by atoms with E-state index >= 15 is 0 Å². The second-order valence-electron chi connectivity index (χ2n) is 5.26. The molecule has 1 aromatic carbocycles. The average Bonchev–Trinajstić information content (AvgIpc) is 2.39. The highest BCUT2D eigenvalue weighted by atomic mass is 16.5. The van der Waals surface area contributed by atoms with E-state index in [0.717, 1.165) is 43.1 Å². The molecule has 0 bridgehead atoms. The summed E-state index contributed by atoms with van der Waals surface area (Å²) in [4.78, 5) is 13.2. The van der Waals surface area contributed by atoms with Crippen LogP contribution in [0.5, 0.6) is 0 Å². The number of aryl methyl sites for hydroxylation is 2. The lowest BCUT2D eigenvalue weighted by molar-refractivity contribution is -0.137. The van der Waals surface area contributed by atoms with E-state index in [-0.39, 0.29) is 0 Å². The number of ether oxygens (including phenoxy) is 1. The van der Waals surface area contributed by atoms with Gasteiger partial charge < -0.3 is 20.1 Å². The highest BCUT2D eigenvalue weighted by Crippen LogP contribution is 2.29. The Morgan fingerprint density at radius 3 is 2.35 bits per heavy atom. The van der Waals surface area contributed by atoms with Gasteiger partial charge in [0.25, 0.3) is 0 Å². The molecule has 2 N–H and O–H groups in total. The first-order chi connectivity index (χ1) is 9.49. The minimum absolute atomic E-state index is 0.594. The number of benzene rings is 1. The van der Waals surface area contributed by atoms with Gasteiger partial charge in [-0.25, -0.2) is 0 Å². The van der Waals surface area contributed by atoms with Gasteiger partial charge in [0.1, 0.15) is 6.04 Å². The van der Waals surface area contributed by atoms with Crippen LogP contribution in [0.3, 0.4) is 0 Å². The Kier molecular flexibility index (Phi) is 4.49. The lowest BCUT2D eigenvalue weighted by Gasteiger charge is -2.32. The monoisotopic (exact) mass is 278 g/mol. The summed E-state index contributed by atoms with van der Waals surface area (Å²) in [7, 11) is 0. The van der Waals surface area contributed by atoms with Crippen molar-refractivity contribution in [3.8, 4) is 0 Å². The fourth-order valence-corrected chi connectivity index (χ4v) is 2.64. The number of rotatable bonds is 4. The molecule has 1 heterocycles. The summed E-state index contributed by atoms with van der Waals surface area (Å²) in [5.41, 5.74) is 4.41. The second-order valence-corrected chi connectivity index (χ2v) is 5.26. The van der Waals surface area contributed by atoms with E-state index in [1.807, 2.05) is 12.1 Å². The van der Waals surface area contributed by atoms with Gasteiger partial charge in [-0.1, -0.05) is 0 Å². The molecular formula is C15H22N2O3. The van der Waals surface area contributed by atoms with Gasteiger partial charge >= 0.3 is 5.97 Å². The Balaban J connectivity index is 2.22. The molecule has 1 aliphatic heterocycles. The van der Waals surface area contributed by atoms with Crippen LogP contribution in [-0.2, 0) is 9.53 Å². The maximum absolute atomic E-state index is 10.9. The van der Waals surface area contributed by atoms with Crippen LogP contribution >= 0.6 is 0 Å². The van der Waals surface area contributed by atoms with Gasteiger partial charge in [0.05, 0.1) is 13.2 Å². The van der Waals surface area contributed by atoms with Crippen LogP contribution in [0.1, 0.15) is 18.1 Å². The molecule has 110 valence electrons. The van der Waals surface area contributed by atoms with Crippen molar-refractivity contribution >= 4 is 17.3 Å². The molecule has 1 unspecified atom stereocenters. The van der Waals surface area contributed by atoms with Crippen molar-refractivity contribution in [1.82, 2.24) is 0 Å². The molecular weight excluding hydrogens is 256 g/mol. The lowest BCUT2D eigenvalue weighted by Crippen LogP contribution is -2.37. The SMILES string of the molecule is Cc1cc(NC(C)C(=O)O)cc(C)c1N1CCOCC1. The first kappa shape index (κ1) is 14.7. The number of nitrogens with one attached hydrogen (secondary N) is 1. The van der Waals surface area contributed by atoms with Crippen LogP contribution in [0.15, 0.2) is 12.1 Å². The molecule has 0 spiro atoms. The largest absolute Gasteiger partial charge is 0.480 e. The van der Waals surface area contributed by atoms with Crippen LogP contribution in [0.4, 0.5) is 11.4 Å². The second kappa shape index (κ2) is 6.13. The molecule has 1 aliphatic rings. The maximum atomic E-state index is 10.9. The first-order valence-electron chi connectivity index (χ1n) is 6.92. The third kappa shape index (κ3) is 3.22. The van der Waals surface area contributed by atoms with Crippen molar-refractivity contribution in [2.45, 2.75) is 26.8 Å². The standard InChI is InChI=1S/C15H22N2O3/c1-10-8-13(16-12(3)15(18)19)9-11(2)14(10)17-4-6-20-7-5-17/h8-9,12,16H,4-7H2,1-3H3,(H,18,19). The molecule has 2 rings (SSSR count). The number of carboxylic acid groups (broad SMARTS) is 1. The molecule has 5 nitrogen and oxygen atoms in total. The van der Waals surface area contributed by atoms with E-state index in [0.29, 0.717) is 0 Å². The van der Waals surface area contributed by atoms with Crippen molar-refractivity contribution in [3.05, 3.63) is 23.3 Å². The average molecular weight is 278 g/mol. The molecule has 1 atom stereocenters. The molecule has 1 fully saturated rings. The summed E-state index contributed by atoms with van der Waals surface area (Å²) in [6.07, 6.45) is 0. The summed E-state index contributed by atoms with van der Waals surface area (Å²) in [6.45, 7) is 9.09.